The molecule has 1 aromatic heterocycles. The van der Waals surface area contributed by atoms with Gasteiger partial charge in [-0.05, 0) is 23.8 Å². The first-order valence-corrected chi connectivity index (χ1v) is 6.32. The minimum Gasteiger partial charge on any atom is -0.399 e. The van der Waals surface area contributed by atoms with E-state index < -0.39 is 0 Å². The van der Waals surface area contributed by atoms with E-state index in [0.29, 0.717) is 0 Å². The molecule has 0 radical (unpaired) electrons. The van der Waals surface area contributed by atoms with Gasteiger partial charge in [-0.25, -0.2) is 4.98 Å². The molecular formula is C14H12N2S. The van der Waals surface area contributed by atoms with Crippen LogP contribution in [0.25, 0.3) is 10.2 Å². The molecular weight excluding hydrogens is 228 g/mol. The van der Waals surface area contributed by atoms with Crippen molar-refractivity contribution in [2.24, 2.45) is 0 Å². The summed E-state index contributed by atoms with van der Waals surface area (Å²) in [5, 5.41) is 1.14. The zero-order valence-corrected chi connectivity index (χ0v) is 10.1. The summed E-state index contributed by atoms with van der Waals surface area (Å²) in [6.45, 7) is 0. The maximum atomic E-state index is 5.75. The van der Waals surface area contributed by atoms with Gasteiger partial charge in [0.1, 0.15) is 0 Å². The summed E-state index contributed by atoms with van der Waals surface area (Å²) in [6, 6.07) is 16.3. The molecule has 0 amide bonds. The van der Waals surface area contributed by atoms with Crippen molar-refractivity contribution < 1.29 is 0 Å². The van der Waals surface area contributed by atoms with Crippen molar-refractivity contribution in [3.63, 3.8) is 0 Å². The van der Waals surface area contributed by atoms with Crippen LogP contribution in [0, 0.1) is 0 Å². The molecule has 3 heteroatoms. The van der Waals surface area contributed by atoms with Crippen molar-refractivity contribution in [2.45, 2.75) is 6.42 Å². The molecule has 1 heterocycles. The van der Waals surface area contributed by atoms with E-state index in [9.17, 15) is 0 Å². The van der Waals surface area contributed by atoms with Gasteiger partial charge >= 0.3 is 0 Å². The van der Waals surface area contributed by atoms with Crippen LogP contribution < -0.4 is 5.73 Å². The summed E-state index contributed by atoms with van der Waals surface area (Å²) < 4.78 is 1.20. The predicted molar refractivity (Wildman–Crippen MR) is 73.3 cm³/mol. The number of thiazole rings is 1. The van der Waals surface area contributed by atoms with Gasteiger partial charge in [0.2, 0.25) is 0 Å². The van der Waals surface area contributed by atoms with Gasteiger partial charge in [-0.1, -0.05) is 30.3 Å². The molecule has 0 aliphatic heterocycles. The minimum absolute atomic E-state index is 0.772. The zero-order chi connectivity index (χ0) is 11.7. The zero-order valence-electron chi connectivity index (χ0n) is 9.26. The number of nitrogens with two attached hydrogens (primary N) is 1. The molecule has 0 aliphatic carbocycles. The second kappa shape index (κ2) is 4.18. The van der Waals surface area contributed by atoms with Crippen LogP contribution in [0.3, 0.4) is 0 Å². The molecule has 0 saturated heterocycles. The van der Waals surface area contributed by atoms with Crippen LogP contribution in [0.5, 0.6) is 0 Å². The molecule has 0 saturated carbocycles. The van der Waals surface area contributed by atoms with Gasteiger partial charge < -0.3 is 5.73 Å². The molecule has 0 aliphatic rings. The monoisotopic (exact) mass is 240 g/mol. The third-order valence-electron chi connectivity index (χ3n) is 2.65. The lowest BCUT2D eigenvalue weighted by Gasteiger charge is -1.95. The fourth-order valence-corrected chi connectivity index (χ4v) is 2.82. The van der Waals surface area contributed by atoms with Crippen molar-refractivity contribution in [2.75, 3.05) is 5.73 Å². The second-order valence-electron chi connectivity index (χ2n) is 4.00. The topological polar surface area (TPSA) is 38.9 Å². The number of hydrogen-bond acceptors (Lipinski definition) is 3. The smallest absolute Gasteiger partial charge is 0.0982 e. The van der Waals surface area contributed by atoms with E-state index in [-0.39, 0.29) is 0 Å². The molecule has 84 valence electrons. The Hall–Kier alpha value is -1.87. The molecule has 0 atom stereocenters. The van der Waals surface area contributed by atoms with Gasteiger partial charge in [0.15, 0.2) is 0 Å². The molecule has 3 aromatic rings. The first-order chi connectivity index (χ1) is 8.31. The summed E-state index contributed by atoms with van der Waals surface area (Å²) in [7, 11) is 0. The Kier molecular flexibility index (Phi) is 2.53. The molecule has 0 fully saturated rings. The minimum atomic E-state index is 0.772. The summed E-state index contributed by atoms with van der Waals surface area (Å²) in [5.74, 6) is 0. The summed E-state index contributed by atoms with van der Waals surface area (Å²) in [4.78, 5) is 4.61. The Balaban J connectivity index is 1.96. The Morgan fingerprint density at radius 1 is 1.06 bits per heavy atom. The number of fused-ring (bicyclic) bond motifs is 1. The average molecular weight is 240 g/mol. The van der Waals surface area contributed by atoms with E-state index in [0.717, 1.165) is 22.6 Å². The van der Waals surface area contributed by atoms with Crippen LogP contribution in [0.15, 0.2) is 48.5 Å². The molecule has 17 heavy (non-hydrogen) atoms. The molecule has 0 bridgehead atoms. The lowest BCUT2D eigenvalue weighted by Crippen LogP contribution is -1.86. The van der Waals surface area contributed by atoms with E-state index >= 15 is 0 Å². The van der Waals surface area contributed by atoms with Crippen LogP contribution in [0.2, 0.25) is 0 Å². The maximum Gasteiger partial charge on any atom is 0.0982 e. The highest BCUT2D eigenvalue weighted by Crippen LogP contribution is 2.25. The molecule has 3 rings (SSSR count). The summed E-state index contributed by atoms with van der Waals surface area (Å²) in [5.41, 5.74) is 8.81. The van der Waals surface area contributed by atoms with E-state index in [1.165, 1.54) is 10.3 Å². The van der Waals surface area contributed by atoms with Crippen LogP contribution in [-0.4, -0.2) is 4.98 Å². The Bertz CT molecular complexity index is 644. The summed E-state index contributed by atoms with van der Waals surface area (Å²) in [6.07, 6.45) is 0.889. The van der Waals surface area contributed by atoms with Gasteiger partial charge in [-0.15, -0.1) is 11.3 Å². The highest BCUT2D eigenvalue weighted by Gasteiger charge is 2.04. The van der Waals surface area contributed by atoms with Crippen LogP contribution in [-0.2, 0) is 6.42 Å². The van der Waals surface area contributed by atoms with E-state index in [1.54, 1.807) is 11.3 Å². The van der Waals surface area contributed by atoms with Gasteiger partial charge in [-0.3, -0.25) is 0 Å². The van der Waals surface area contributed by atoms with Gasteiger partial charge in [0.05, 0.1) is 15.2 Å². The van der Waals surface area contributed by atoms with E-state index in [4.69, 9.17) is 5.73 Å². The molecule has 2 nitrogen and oxygen atoms in total. The normalized spacial score (nSPS) is 10.8. The summed E-state index contributed by atoms with van der Waals surface area (Å²) >= 11 is 1.73. The molecule has 2 aromatic carbocycles. The highest BCUT2D eigenvalue weighted by molar-refractivity contribution is 7.18. The predicted octanol–water partition coefficient (Wildman–Crippen LogP) is 3.47. The molecule has 0 unspecified atom stereocenters. The fraction of sp³-hybridized carbons (Fsp3) is 0.0714. The quantitative estimate of drug-likeness (QED) is 0.697. The van der Waals surface area contributed by atoms with Crippen molar-refractivity contribution in [1.82, 2.24) is 4.98 Å². The number of nitrogen functional groups attached to an aromatic ring is 1. The number of anilines is 1. The number of benzene rings is 2. The van der Waals surface area contributed by atoms with Gasteiger partial charge in [0, 0.05) is 12.1 Å². The van der Waals surface area contributed by atoms with Gasteiger partial charge in [0.25, 0.3) is 0 Å². The Labute approximate surface area is 104 Å². The van der Waals surface area contributed by atoms with Crippen molar-refractivity contribution in [3.8, 4) is 0 Å². The van der Waals surface area contributed by atoms with E-state index in [2.05, 4.69) is 29.2 Å². The van der Waals surface area contributed by atoms with Crippen LogP contribution in [0.1, 0.15) is 10.6 Å². The van der Waals surface area contributed by atoms with E-state index in [1.807, 2.05) is 24.3 Å². The number of aromatic nitrogens is 1. The highest BCUT2D eigenvalue weighted by atomic mass is 32.1. The Morgan fingerprint density at radius 3 is 2.71 bits per heavy atom. The van der Waals surface area contributed by atoms with Crippen LogP contribution in [0.4, 0.5) is 5.69 Å². The SMILES string of the molecule is Nc1ccc2sc(Cc3ccccc3)nc2c1. The van der Waals surface area contributed by atoms with Crippen molar-refractivity contribution in [3.05, 3.63) is 59.1 Å². The largest absolute Gasteiger partial charge is 0.399 e. The third kappa shape index (κ3) is 2.15. The van der Waals surface area contributed by atoms with Crippen LogP contribution >= 0.6 is 11.3 Å². The maximum absolute atomic E-state index is 5.75. The van der Waals surface area contributed by atoms with Gasteiger partial charge in [-0.2, -0.15) is 0 Å². The first kappa shape index (κ1) is 10.3. The number of rotatable bonds is 2. The number of hydrogen-bond donors (Lipinski definition) is 1. The van der Waals surface area contributed by atoms with Crippen molar-refractivity contribution in [1.29, 1.82) is 0 Å². The van der Waals surface area contributed by atoms with Crippen molar-refractivity contribution >= 4 is 27.2 Å². The molecule has 0 spiro atoms. The average Bonchev–Trinajstić information content (AvgIpc) is 2.71. The fourth-order valence-electron chi connectivity index (χ4n) is 1.84. The second-order valence-corrected chi connectivity index (χ2v) is 5.11. The standard InChI is InChI=1S/C14H12N2S/c15-11-6-7-13-12(9-11)16-14(17-13)8-10-4-2-1-3-5-10/h1-7,9H,8,15H2. The molecule has 2 N–H and O–H groups in total. The Morgan fingerprint density at radius 2 is 1.88 bits per heavy atom. The lowest BCUT2D eigenvalue weighted by atomic mass is 10.2. The number of nitrogens with zero attached hydrogens (tertiary/aromatic N) is 1. The first-order valence-electron chi connectivity index (χ1n) is 5.50. The lowest BCUT2D eigenvalue weighted by molar-refractivity contribution is 1.16. The third-order valence-corrected chi connectivity index (χ3v) is 3.69.